The first-order chi connectivity index (χ1) is 6.63. The largest absolute Gasteiger partial charge is 0.491 e. The van der Waals surface area contributed by atoms with E-state index >= 15 is 0 Å². The molecule has 0 amide bonds. The summed E-state index contributed by atoms with van der Waals surface area (Å²) in [6.45, 7) is 5.89. The zero-order valence-corrected chi connectivity index (χ0v) is 9.03. The second-order valence-electron chi connectivity index (χ2n) is 3.58. The highest BCUT2D eigenvalue weighted by Crippen LogP contribution is 2.18. The van der Waals surface area contributed by atoms with Crippen LogP contribution in [0, 0.1) is 0 Å². The smallest absolute Gasteiger partial charge is 0.119 e. The third-order valence-electron chi connectivity index (χ3n) is 2.27. The maximum Gasteiger partial charge on any atom is 0.119 e. The van der Waals surface area contributed by atoms with E-state index in [-0.39, 0.29) is 6.10 Å². The van der Waals surface area contributed by atoms with Crippen molar-refractivity contribution in [3.05, 3.63) is 29.8 Å². The lowest BCUT2D eigenvalue weighted by atomic mass is 10.1. The van der Waals surface area contributed by atoms with Crippen molar-refractivity contribution >= 4 is 0 Å². The molecule has 78 valence electrons. The predicted molar refractivity (Wildman–Crippen MR) is 57.5 cm³/mol. The van der Waals surface area contributed by atoms with Crippen LogP contribution in [0.15, 0.2) is 24.3 Å². The molecule has 1 aromatic carbocycles. The Morgan fingerprint density at radius 2 is 1.79 bits per heavy atom. The zero-order chi connectivity index (χ0) is 10.6. The molecular formula is C12H18O2. The second-order valence-corrected chi connectivity index (χ2v) is 3.58. The summed E-state index contributed by atoms with van der Waals surface area (Å²) in [4.78, 5) is 0. The predicted octanol–water partition coefficient (Wildman–Crippen LogP) is 2.92. The van der Waals surface area contributed by atoms with Crippen LogP contribution in [0.2, 0.25) is 0 Å². The molecule has 1 N–H and O–H groups in total. The fourth-order valence-electron chi connectivity index (χ4n) is 1.14. The van der Waals surface area contributed by atoms with Crippen molar-refractivity contribution in [3.8, 4) is 5.75 Å². The molecule has 1 rings (SSSR count). The van der Waals surface area contributed by atoms with Crippen LogP contribution in [0.1, 0.15) is 38.9 Å². The number of ether oxygens (including phenoxy) is 1. The van der Waals surface area contributed by atoms with Crippen LogP contribution in [0.5, 0.6) is 5.75 Å². The third-order valence-corrected chi connectivity index (χ3v) is 2.27. The molecule has 0 saturated carbocycles. The third kappa shape index (κ3) is 3.04. The summed E-state index contributed by atoms with van der Waals surface area (Å²) in [6, 6.07) is 7.58. The first-order valence-corrected chi connectivity index (χ1v) is 5.08. The molecule has 0 radical (unpaired) electrons. The van der Waals surface area contributed by atoms with Gasteiger partial charge in [-0.15, -0.1) is 0 Å². The molecule has 14 heavy (non-hydrogen) atoms. The molecule has 2 atom stereocenters. The van der Waals surface area contributed by atoms with Gasteiger partial charge >= 0.3 is 0 Å². The van der Waals surface area contributed by atoms with Crippen molar-refractivity contribution in [1.82, 2.24) is 0 Å². The highest BCUT2D eigenvalue weighted by atomic mass is 16.5. The molecule has 0 aliphatic rings. The van der Waals surface area contributed by atoms with Gasteiger partial charge < -0.3 is 9.84 Å². The lowest BCUT2D eigenvalue weighted by Crippen LogP contribution is -2.09. The van der Waals surface area contributed by atoms with E-state index in [1.807, 2.05) is 31.2 Å². The summed E-state index contributed by atoms with van der Waals surface area (Å²) in [5.74, 6) is 0.865. The molecule has 2 nitrogen and oxygen atoms in total. The molecule has 0 aliphatic carbocycles. The van der Waals surface area contributed by atoms with Crippen molar-refractivity contribution in [3.63, 3.8) is 0 Å². The Morgan fingerprint density at radius 3 is 2.21 bits per heavy atom. The van der Waals surface area contributed by atoms with Crippen molar-refractivity contribution < 1.29 is 9.84 Å². The van der Waals surface area contributed by atoms with Gasteiger partial charge in [0.1, 0.15) is 5.75 Å². The van der Waals surface area contributed by atoms with Crippen LogP contribution in [0.25, 0.3) is 0 Å². The Labute approximate surface area is 85.5 Å². The summed E-state index contributed by atoms with van der Waals surface area (Å²) in [5.41, 5.74) is 0.918. The quantitative estimate of drug-likeness (QED) is 0.798. The van der Waals surface area contributed by atoms with E-state index in [1.165, 1.54) is 0 Å². The van der Waals surface area contributed by atoms with Crippen LogP contribution in [-0.2, 0) is 0 Å². The van der Waals surface area contributed by atoms with Gasteiger partial charge in [0.2, 0.25) is 0 Å². The van der Waals surface area contributed by atoms with Crippen LogP contribution >= 0.6 is 0 Å². The fourth-order valence-corrected chi connectivity index (χ4v) is 1.14. The maximum absolute atomic E-state index is 9.30. The Kier molecular flexibility index (Phi) is 3.96. The van der Waals surface area contributed by atoms with Crippen LogP contribution in [0.4, 0.5) is 0 Å². The summed E-state index contributed by atoms with van der Waals surface area (Å²) < 4.78 is 5.62. The average Bonchev–Trinajstić information content (AvgIpc) is 2.18. The molecule has 0 spiro atoms. The number of aliphatic hydroxyl groups is 1. The van der Waals surface area contributed by atoms with Gasteiger partial charge in [0.05, 0.1) is 12.2 Å². The second kappa shape index (κ2) is 5.01. The van der Waals surface area contributed by atoms with E-state index in [4.69, 9.17) is 4.74 Å². The minimum atomic E-state index is -0.410. The number of aliphatic hydroxyl groups excluding tert-OH is 1. The van der Waals surface area contributed by atoms with Gasteiger partial charge in [-0.3, -0.25) is 0 Å². The number of hydrogen-bond donors (Lipinski definition) is 1. The highest BCUT2D eigenvalue weighted by Gasteiger charge is 2.03. The topological polar surface area (TPSA) is 29.5 Å². The molecule has 0 bridgehead atoms. The summed E-state index contributed by atoms with van der Waals surface area (Å²) in [6.07, 6.45) is 0.832. The van der Waals surface area contributed by atoms with Crippen molar-refractivity contribution in [2.75, 3.05) is 0 Å². The summed E-state index contributed by atoms with van der Waals surface area (Å²) in [5, 5.41) is 9.30. The molecular weight excluding hydrogens is 176 g/mol. The molecule has 0 aliphatic heterocycles. The molecule has 0 fully saturated rings. The van der Waals surface area contributed by atoms with E-state index in [9.17, 15) is 5.11 Å². The van der Waals surface area contributed by atoms with Crippen molar-refractivity contribution in [2.45, 2.75) is 39.4 Å². The number of hydrogen-bond acceptors (Lipinski definition) is 2. The van der Waals surface area contributed by atoms with E-state index in [1.54, 1.807) is 6.92 Å². The summed E-state index contributed by atoms with van der Waals surface area (Å²) in [7, 11) is 0. The molecule has 1 aromatic rings. The van der Waals surface area contributed by atoms with Gasteiger partial charge in [0, 0.05) is 0 Å². The summed E-state index contributed by atoms with van der Waals surface area (Å²) >= 11 is 0. The SMILES string of the molecule is CCC(C)Oc1ccc(C(C)O)cc1. The lowest BCUT2D eigenvalue weighted by molar-refractivity contribution is 0.198. The number of rotatable bonds is 4. The minimum absolute atomic E-state index is 0.243. The number of benzene rings is 1. The lowest BCUT2D eigenvalue weighted by Gasteiger charge is -2.13. The van der Waals surface area contributed by atoms with Crippen LogP contribution < -0.4 is 4.74 Å². The van der Waals surface area contributed by atoms with Gasteiger partial charge in [-0.2, -0.15) is 0 Å². The minimum Gasteiger partial charge on any atom is -0.491 e. The molecule has 2 unspecified atom stereocenters. The van der Waals surface area contributed by atoms with E-state index in [0.29, 0.717) is 0 Å². The molecule has 0 heterocycles. The Morgan fingerprint density at radius 1 is 1.21 bits per heavy atom. The van der Waals surface area contributed by atoms with Crippen molar-refractivity contribution in [2.24, 2.45) is 0 Å². The molecule has 2 heteroatoms. The average molecular weight is 194 g/mol. The Bertz CT molecular complexity index is 264. The molecule has 0 aromatic heterocycles. The Balaban J connectivity index is 2.64. The van der Waals surface area contributed by atoms with Gasteiger partial charge in [0.25, 0.3) is 0 Å². The highest BCUT2D eigenvalue weighted by molar-refractivity contribution is 5.28. The standard InChI is InChI=1S/C12H18O2/c1-4-9(2)14-12-7-5-11(6-8-12)10(3)13/h5-10,13H,4H2,1-3H3. The van der Waals surface area contributed by atoms with Gasteiger partial charge in [-0.25, -0.2) is 0 Å². The van der Waals surface area contributed by atoms with Gasteiger partial charge in [0.15, 0.2) is 0 Å². The van der Waals surface area contributed by atoms with Gasteiger partial charge in [-0.1, -0.05) is 19.1 Å². The van der Waals surface area contributed by atoms with Crippen LogP contribution in [0.3, 0.4) is 0 Å². The van der Waals surface area contributed by atoms with E-state index in [0.717, 1.165) is 17.7 Å². The molecule has 0 saturated heterocycles. The van der Waals surface area contributed by atoms with Crippen LogP contribution in [-0.4, -0.2) is 11.2 Å². The van der Waals surface area contributed by atoms with E-state index in [2.05, 4.69) is 6.92 Å². The fraction of sp³-hybridized carbons (Fsp3) is 0.500. The monoisotopic (exact) mass is 194 g/mol. The maximum atomic E-state index is 9.30. The Hall–Kier alpha value is -1.02. The zero-order valence-electron chi connectivity index (χ0n) is 9.03. The first-order valence-electron chi connectivity index (χ1n) is 5.08. The van der Waals surface area contributed by atoms with E-state index < -0.39 is 6.10 Å². The first kappa shape index (κ1) is 11.1. The van der Waals surface area contributed by atoms with Gasteiger partial charge in [-0.05, 0) is 38.0 Å². The normalized spacial score (nSPS) is 14.9. The van der Waals surface area contributed by atoms with Crippen molar-refractivity contribution in [1.29, 1.82) is 0 Å².